The van der Waals surface area contributed by atoms with Crippen LogP contribution in [0.4, 0.5) is 5.88 Å². The molecule has 0 saturated heterocycles. The van der Waals surface area contributed by atoms with Gasteiger partial charge in [0, 0.05) is 0 Å². The second-order valence-electron chi connectivity index (χ2n) is 2.29. The van der Waals surface area contributed by atoms with Crippen LogP contribution in [-0.4, -0.2) is 5.16 Å². The van der Waals surface area contributed by atoms with Crippen LogP contribution in [0.15, 0.2) is 4.52 Å². The van der Waals surface area contributed by atoms with Gasteiger partial charge in [-0.15, -0.1) is 0 Å². The molecule has 0 aliphatic heterocycles. The van der Waals surface area contributed by atoms with E-state index in [1.54, 1.807) is 0 Å². The summed E-state index contributed by atoms with van der Waals surface area (Å²) in [5, 5.41) is 3.73. The van der Waals surface area contributed by atoms with E-state index in [2.05, 4.69) is 9.68 Å². The number of nitrogens with one attached hydrogen (secondary N) is 1. The molecule has 1 N–H and O–H groups in total. The maximum atomic E-state index is 7.20. The molecule has 0 bridgehead atoms. The van der Waals surface area contributed by atoms with Crippen molar-refractivity contribution in [3.05, 3.63) is 17.0 Å². The SMILES string of the molecule is [K+].[NH-]c1onc2c1CCC2. The molecule has 1 heterocycles. The van der Waals surface area contributed by atoms with Crippen LogP contribution < -0.4 is 51.4 Å². The van der Waals surface area contributed by atoms with E-state index in [-0.39, 0.29) is 57.3 Å². The zero-order valence-electron chi connectivity index (χ0n) is 5.98. The molecule has 0 saturated carbocycles. The molecule has 1 aromatic rings. The first kappa shape index (κ1) is 8.74. The molecular weight excluding hydrogens is 155 g/mol. The number of aryl methyl sites for hydroxylation is 1. The summed E-state index contributed by atoms with van der Waals surface area (Å²) in [7, 11) is 0. The van der Waals surface area contributed by atoms with Crippen LogP contribution in [0.3, 0.4) is 0 Å². The van der Waals surface area contributed by atoms with E-state index in [0.717, 1.165) is 30.5 Å². The van der Waals surface area contributed by atoms with Crippen LogP contribution in [0, 0.1) is 0 Å². The summed E-state index contributed by atoms with van der Waals surface area (Å²) in [6.07, 6.45) is 3.12. The van der Waals surface area contributed by atoms with Crippen molar-refractivity contribution in [2.45, 2.75) is 19.3 Å². The monoisotopic (exact) mass is 162 g/mol. The summed E-state index contributed by atoms with van der Waals surface area (Å²) in [4.78, 5) is 0. The van der Waals surface area contributed by atoms with Crippen molar-refractivity contribution in [2.24, 2.45) is 0 Å². The molecule has 3 nitrogen and oxygen atoms in total. The van der Waals surface area contributed by atoms with Crippen molar-refractivity contribution in [3.8, 4) is 0 Å². The Morgan fingerprint density at radius 2 is 2.20 bits per heavy atom. The van der Waals surface area contributed by atoms with Crippen LogP contribution in [0.25, 0.3) is 5.73 Å². The Balaban J connectivity index is 0.000000500. The molecule has 10 heavy (non-hydrogen) atoms. The fourth-order valence-electron chi connectivity index (χ4n) is 1.23. The zero-order valence-corrected chi connectivity index (χ0v) is 9.10. The Morgan fingerprint density at radius 1 is 1.40 bits per heavy atom. The molecule has 0 aromatic carbocycles. The molecule has 0 amide bonds. The smallest absolute Gasteiger partial charge is 0.665 e. The fraction of sp³-hybridized carbons (Fsp3) is 0.500. The predicted molar refractivity (Wildman–Crippen MR) is 32.5 cm³/mol. The normalized spacial score (nSPS) is 14.4. The van der Waals surface area contributed by atoms with Gasteiger partial charge < -0.3 is 10.3 Å². The van der Waals surface area contributed by atoms with Crippen LogP contribution in [0.5, 0.6) is 0 Å². The molecule has 0 atom stereocenters. The van der Waals surface area contributed by atoms with Crippen molar-refractivity contribution in [3.63, 3.8) is 0 Å². The van der Waals surface area contributed by atoms with Gasteiger partial charge in [-0.3, -0.25) is 0 Å². The van der Waals surface area contributed by atoms with Crippen molar-refractivity contribution in [1.82, 2.24) is 5.16 Å². The van der Waals surface area contributed by atoms with E-state index in [9.17, 15) is 0 Å². The van der Waals surface area contributed by atoms with Crippen LogP contribution >= 0.6 is 0 Å². The fourth-order valence-corrected chi connectivity index (χ4v) is 1.23. The van der Waals surface area contributed by atoms with Crippen LogP contribution in [0.2, 0.25) is 0 Å². The summed E-state index contributed by atoms with van der Waals surface area (Å²) in [6, 6.07) is 0. The minimum Gasteiger partial charge on any atom is -0.665 e. The van der Waals surface area contributed by atoms with Gasteiger partial charge in [-0.2, -0.15) is 0 Å². The third-order valence-electron chi connectivity index (χ3n) is 1.71. The third kappa shape index (κ3) is 1.31. The molecular formula is C6H7KN2O. The maximum Gasteiger partial charge on any atom is 1.00 e. The third-order valence-corrected chi connectivity index (χ3v) is 1.71. The minimum atomic E-state index is 0. The first-order valence-electron chi connectivity index (χ1n) is 3.07. The van der Waals surface area contributed by atoms with E-state index in [1.807, 2.05) is 0 Å². The minimum absolute atomic E-state index is 0. The summed E-state index contributed by atoms with van der Waals surface area (Å²) < 4.78 is 4.65. The molecule has 1 aliphatic carbocycles. The molecule has 1 aromatic heterocycles. The molecule has 48 valence electrons. The Morgan fingerprint density at radius 3 is 2.90 bits per heavy atom. The quantitative estimate of drug-likeness (QED) is 0.452. The van der Waals surface area contributed by atoms with Gasteiger partial charge in [-0.25, -0.2) is 0 Å². The van der Waals surface area contributed by atoms with Gasteiger partial charge >= 0.3 is 51.4 Å². The van der Waals surface area contributed by atoms with Gasteiger partial charge in [0.25, 0.3) is 0 Å². The van der Waals surface area contributed by atoms with Crippen molar-refractivity contribution >= 4 is 5.88 Å². The number of fused-ring (bicyclic) bond motifs is 1. The van der Waals surface area contributed by atoms with Crippen molar-refractivity contribution in [2.75, 3.05) is 0 Å². The second kappa shape index (κ2) is 3.36. The van der Waals surface area contributed by atoms with Gasteiger partial charge in [0.1, 0.15) is 0 Å². The van der Waals surface area contributed by atoms with Gasteiger partial charge in [0.2, 0.25) is 0 Å². The summed E-state index contributed by atoms with van der Waals surface area (Å²) >= 11 is 0. The van der Waals surface area contributed by atoms with E-state index in [0.29, 0.717) is 0 Å². The molecule has 2 rings (SSSR count). The first-order chi connectivity index (χ1) is 4.38. The maximum absolute atomic E-state index is 7.20. The van der Waals surface area contributed by atoms with Crippen molar-refractivity contribution in [1.29, 1.82) is 0 Å². The molecule has 4 heteroatoms. The van der Waals surface area contributed by atoms with E-state index < -0.39 is 0 Å². The summed E-state index contributed by atoms with van der Waals surface area (Å²) in [5.74, 6) is 0.266. The molecule has 0 radical (unpaired) electrons. The van der Waals surface area contributed by atoms with E-state index in [4.69, 9.17) is 5.73 Å². The number of nitrogens with zero attached hydrogens (tertiary/aromatic N) is 1. The van der Waals surface area contributed by atoms with Gasteiger partial charge in [0.05, 0.1) is 11.6 Å². The zero-order chi connectivity index (χ0) is 6.27. The Hall–Kier alpha value is 0.646. The number of hydrogen-bond donors (Lipinski definition) is 0. The van der Waals surface area contributed by atoms with Gasteiger partial charge in [0.15, 0.2) is 0 Å². The summed E-state index contributed by atoms with van der Waals surface area (Å²) in [5.41, 5.74) is 9.23. The first-order valence-corrected chi connectivity index (χ1v) is 3.07. The Labute approximate surface area is 102 Å². The topological polar surface area (TPSA) is 49.8 Å². The number of rotatable bonds is 0. The van der Waals surface area contributed by atoms with Gasteiger partial charge in [-0.05, 0) is 24.8 Å². The van der Waals surface area contributed by atoms with Gasteiger partial charge in [-0.1, -0.05) is 5.16 Å². The van der Waals surface area contributed by atoms with E-state index >= 15 is 0 Å². The molecule has 0 fully saturated rings. The number of hydrogen-bond acceptors (Lipinski definition) is 2. The average Bonchev–Trinajstić information content (AvgIpc) is 2.35. The average molecular weight is 162 g/mol. The standard InChI is InChI=1S/C6H7N2O.K/c7-6-4-2-1-3-5(4)8-9-6;/h7H,1-3H2;/q-1;+1. The predicted octanol–water partition coefficient (Wildman–Crippen LogP) is -1.15. The molecule has 1 aliphatic rings. The molecule has 0 spiro atoms. The largest absolute Gasteiger partial charge is 1.00 e. The Kier molecular flexibility index (Phi) is 2.94. The van der Waals surface area contributed by atoms with Crippen LogP contribution in [0.1, 0.15) is 17.7 Å². The second-order valence-corrected chi connectivity index (χ2v) is 2.29. The Bertz CT molecular complexity index is 234. The summed E-state index contributed by atoms with van der Waals surface area (Å²) in [6.45, 7) is 0. The number of aromatic nitrogens is 1. The molecule has 0 unspecified atom stereocenters. The van der Waals surface area contributed by atoms with Crippen molar-refractivity contribution < 1.29 is 55.9 Å². The van der Waals surface area contributed by atoms with Crippen LogP contribution in [-0.2, 0) is 12.8 Å². The van der Waals surface area contributed by atoms with E-state index in [1.165, 1.54) is 0 Å².